The highest BCUT2D eigenvalue weighted by atomic mass is 32.2. The highest BCUT2D eigenvalue weighted by Gasteiger charge is 2.04. The number of anilines is 2. The fourth-order valence-corrected chi connectivity index (χ4v) is 2.49. The van der Waals surface area contributed by atoms with E-state index in [9.17, 15) is 0 Å². The third-order valence-corrected chi connectivity index (χ3v) is 3.89. The van der Waals surface area contributed by atoms with Gasteiger partial charge in [0.2, 0.25) is 0 Å². The number of thioether (sulfide) groups is 1. The lowest BCUT2D eigenvalue weighted by Crippen LogP contribution is -2.01. The van der Waals surface area contributed by atoms with Crippen molar-refractivity contribution in [3.8, 4) is 0 Å². The molecular formula is C10H19N3S2. The number of nitrogens with zero attached hydrogens (tertiary/aromatic N) is 1. The Morgan fingerprint density at radius 3 is 2.80 bits per heavy atom. The fraction of sp³-hybridized carbons (Fsp3) is 0.700. The van der Waals surface area contributed by atoms with Crippen LogP contribution in [0.4, 0.5) is 10.8 Å². The summed E-state index contributed by atoms with van der Waals surface area (Å²) in [6.07, 6.45) is 5.98. The number of rotatable bonds is 7. The molecule has 5 heteroatoms. The minimum atomic E-state index is 0.657. The minimum absolute atomic E-state index is 0.657. The van der Waals surface area contributed by atoms with E-state index in [-0.39, 0.29) is 0 Å². The monoisotopic (exact) mass is 245 g/mol. The van der Waals surface area contributed by atoms with Gasteiger partial charge in [-0.2, -0.15) is 16.1 Å². The van der Waals surface area contributed by atoms with Gasteiger partial charge >= 0.3 is 0 Å². The van der Waals surface area contributed by atoms with Crippen LogP contribution < -0.4 is 11.1 Å². The van der Waals surface area contributed by atoms with E-state index < -0.39 is 0 Å². The van der Waals surface area contributed by atoms with Crippen LogP contribution in [0.5, 0.6) is 0 Å². The second kappa shape index (κ2) is 6.95. The Morgan fingerprint density at radius 2 is 2.20 bits per heavy atom. The van der Waals surface area contributed by atoms with Crippen molar-refractivity contribution < 1.29 is 0 Å². The van der Waals surface area contributed by atoms with Crippen LogP contribution in [0.15, 0.2) is 0 Å². The summed E-state index contributed by atoms with van der Waals surface area (Å²) < 4.78 is 4.10. The van der Waals surface area contributed by atoms with Crippen LogP contribution in [0.2, 0.25) is 0 Å². The van der Waals surface area contributed by atoms with Gasteiger partial charge in [0, 0.05) is 12.1 Å². The zero-order chi connectivity index (χ0) is 11.1. The molecule has 0 aliphatic rings. The van der Waals surface area contributed by atoms with E-state index in [1.807, 2.05) is 18.7 Å². The van der Waals surface area contributed by atoms with Crippen molar-refractivity contribution in [1.29, 1.82) is 0 Å². The van der Waals surface area contributed by atoms with E-state index in [1.54, 1.807) is 0 Å². The lowest BCUT2D eigenvalue weighted by atomic mass is 10.2. The van der Waals surface area contributed by atoms with Crippen LogP contribution in [-0.4, -0.2) is 22.9 Å². The SMILES string of the molecule is CSCCCCCNc1snc(N)c1C. The third kappa shape index (κ3) is 4.30. The Hall–Kier alpha value is -0.420. The van der Waals surface area contributed by atoms with Gasteiger partial charge in [0.05, 0.1) is 0 Å². The Morgan fingerprint density at radius 1 is 1.40 bits per heavy atom. The molecule has 0 atom stereocenters. The van der Waals surface area contributed by atoms with Crippen LogP contribution >= 0.6 is 23.3 Å². The summed E-state index contributed by atoms with van der Waals surface area (Å²) in [5.41, 5.74) is 6.75. The normalized spacial score (nSPS) is 10.5. The Labute approximate surface area is 100.0 Å². The zero-order valence-electron chi connectivity index (χ0n) is 9.38. The fourth-order valence-electron chi connectivity index (χ4n) is 1.26. The summed E-state index contributed by atoms with van der Waals surface area (Å²) in [6, 6.07) is 0. The maximum atomic E-state index is 5.67. The van der Waals surface area contributed by atoms with E-state index in [0.29, 0.717) is 5.82 Å². The molecule has 1 aromatic heterocycles. The van der Waals surface area contributed by atoms with Crippen molar-refractivity contribution in [1.82, 2.24) is 4.37 Å². The number of aromatic nitrogens is 1. The van der Waals surface area contributed by atoms with Gasteiger partial charge in [-0.25, -0.2) is 0 Å². The van der Waals surface area contributed by atoms with Crippen LogP contribution in [0.1, 0.15) is 24.8 Å². The van der Waals surface area contributed by atoms with Gasteiger partial charge in [0.1, 0.15) is 10.8 Å². The van der Waals surface area contributed by atoms with E-state index in [2.05, 4.69) is 15.9 Å². The average Bonchev–Trinajstić information content (AvgIpc) is 2.54. The Balaban J connectivity index is 2.12. The Kier molecular flexibility index (Phi) is 5.86. The second-order valence-corrected chi connectivity index (χ2v) is 5.26. The summed E-state index contributed by atoms with van der Waals surface area (Å²) >= 11 is 3.37. The molecule has 0 saturated carbocycles. The molecule has 0 fully saturated rings. The number of nitrogen functional groups attached to an aromatic ring is 1. The quantitative estimate of drug-likeness (QED) is 0.725. The van der Waals surface area contributed by atoms with Gasteiger partial charge < -0.3 is 11.1 Å². The molecule has 0 aromatic carbocycles. The van der Waals surface area contributed by atoms with Crippen molar-refractivity contribution in [3.63, 3.8) is 0 Å². The maximum absolute atomic E-state index is 5.67. The molecule has 1 rings (SSSR count). The van der Waals surface area contributed by atoms with Gasteiger partial charge in [0.25, 0.3) is 0 Å². The minimum Gasteiger partial charge on any atom is -0.383 e. The molecule has 0 unspecified atom stereocenters. The zero-order valence-corrected chi connectivity index (χ0v) is 11.0. The summed E-state index contributed by atoms with van der Waals surface area (Å²) in [6.45, 7) is 3.03. The van der Waals surface area contributed by atoms with Crippen molar-refractivity contribution in [2.24, 2.45) is 0 Å². The first kappa shape index (κ1) is 12.6. The molecule has 0 spiro atoms. The molecule has 86 valence electrons. The first-order valence-electron chi connectivity index (χ1n) is 5.20. The van der Waals surface area contributed by atoms with Gasteiger partial charge in [-0.3, -0.25) is 0 Å². The molecule has 0 saturated heterocycles. The predicted molar refractivity (Wildman–Crippen MR) is 72.0 cm³/mol. The molecule has 3 nitrogen and oxygen atoms in total. The Bertz CT molecular complexity index is 286. The largest absolute Gasteiger partial charge is 0.383 e. The second-order valence-electron chi connectivity index (χ2n) is 3.50. The van der Waals surface area contributed by atoms with Gasteiger partial charge in [-0.15, -0.1) is 0 Å². The van der Waals surface area contributed by atoms with E-state index >= 15 is 0 Å². The summed E-state index contributed by atoms with van der Waals surface area (Å²) in [5.74, 6) is 1.93. The number of nitrogens with one attached hydrogen (secondary N) is 1. The lowest BCUT2D eigenvalue weighted by molar-refractivity contribution is 0.750. The van der Waals surface area contributed by atoms with Crippen molar-refractivity contribution in [2.75, 3.05) is 29.6 Å². The lowest BCUT2D eigenvalue weighted by Gasteiger charge is -2.03. The topological polar surface area (TPSA) is 50.9 Å². The molecule has 0 amide bonds. The average molecular weight is 245 g/mol. The molecule has 0 radical (unpaired) electrons. The number of hydrogen-bond acceptors (Lipinski definition) is 5. The highest BCUT2D eigenvalue weighted by molar-refractivity contribution is 7.98. The molecule has 0 aliphatic carbocycles. The first-order valence-corrected chi connectivity index (χ1v) is 7.37. The van der Waals surface area contributed by atoms with Gasteiger partial charge in [-0.1, -0.05) is 6.42 Å². The molecule has 3 N–H and O–H groups in total. The van der Waals surface area contributed by atoms with Crippen molar-refractivity contribution >= 4 is 34.1 Å². The standard InChI is InChI=1S/C10H19N3S2/c1-8-9(11)13-15-10(8)12-6-4-3-5-7-14-2/h12H,3-7H2,1-2H3,(H2,11,13). The smallest absolute Gasteiger partial charge is 0.142 e. The molecule has 15 heavy (non-hydrogen) atoms. The van der Waals surface area contributed by atoms with Crippen molar-refractivity contribution in [2.45, 2.75) is 26.2 Å². The van der Waals surface area contributed by atoms with E-state index in [1.165, 1.54) is 36.5 Å². The summed E-state index contributed by atoms with van der Waals surface area (Å²) in [5, 5.41) is 4.50. The van der Waals surface area contributed by atoms with Crippen LogP contribution in [0.25, 0.3) is 0 Å². The maximum Gasteiger partial charge on any atom is 0.142 e. The van der Waals surface area contributed by atoms with Gasteiger partial charge in [0.15, 0.2) is 0 Å². The number of unbranched alkanes of at least 4 members (excludes halogenated alkanes) is 2. The van der Waals surface area contributed by atoms with Crippen LogP contribution in [0, 0.1) is 6.92 Å². The third-order valence-electron chi connectivity index (χ3n) is 2.27. The van der Waals surface area contributed by atoms with E-state index in [0.717, 1.165) is 17.1 Å². The molecule has 1 aromatic rings. The molecule has 1 heterocycles. The van der Waals surface area contributed by atoms with Crippen LogP contribution in [-0.2, 0) is 0 Å². The first-order chi connectivity index (χ1) is 7.25. The highest BCUT2D eigenvalue weighted by Crippen LogP contribution is 2.25. The predicted octanol–water partition coefficient (Wildman–Crippen LogP) is 2.98. The van der Waals surface area contributed by atoms with Crippen LogP contribution in [0.3, 0.4) is 0 Å². The van der Waals surface area contributed by atoms with Crippen molar-refractivity contribution in [3.05, 3.63) is 5.56 Å². The molecular weight excluding hydrogens is 226 g/mol. The summed E-state index contributed by atoms with van der Waals surface area (Å²) in [4.78, 5) is 0. The summed E-state index contributed by atoms with van der Waals surface area (Å²) in [7, 11) is 0. The number of hydrogen-bond donors (Lipinski definition) is 2. The van der Waals surface area contributed by atoms with E-state index in [4.69, 9.17) is 5.73 Å². The number of nitrogens with two attached hydrogens (primary N) is 1. The molecule has 0 aliphatic heterocycles. The molecule has 0 bridgehead atoms. The van der Waals surface area contributed by atoms with Gasteiger partial charge in [-0.05, 0) is 43.3 Å².